The van der Waals surface area contributed by atoms with Gasteiger partial charge in [0.25, 0.3) is 0 Å². The van der Waals surface area contributed by atoms with Crippen molar-refractivity contribution in [2.24, 2.45) is 0 Å². The van der Waals surface area contributed by atoms with E-state index in [4.69, 9.17) is 29.2 Å². The second-order valence-corrected chi connectivity index (χ2v) is 18.8. The number of hydrogen-bond acceptors (Lipinski definition) is 4. The quantitative estimate of drug-likeness (QED) is 0.142. The molecule has 1 fully saturated rings. The van der Waals surface area contributed by atoms with Gasteiger partial charge in [0.15, 0.2) is 10.9 Å². The Labute approximate surface area is 246 Å². The first kappa shape index (κ1) is 29.7. The molecular weight excluding hydrogens is 539 g/mol. The number of anilines is 1. The second kappa shape index (κ2) is 11.7. The first-order chi connectivity index (χ1) is 18.4. The first-order valence-corrected chi connectivity index (χ1v) is 18.5. The van der Waals surface area contributed by atoms with Crippen LogP contribution in [0.25, 0.3) is 0 Å². The second-order valence-electron chi connectivity index (χ2n) is 12.6. The third-order valence-corrected chi connectivity index (χ3v) is 13.4. The highest BCUT2D eigenvalue weighted by Crippen LogP contribution is 2.56. The number of benzene rings is 1. The van der Waals surface area contributed by atoms with Crippen LogP contribution in [0.1, 0.15) is 82.2 Å². The van der Waals surface area contributed by atoms with E-state index in [1.54, 1.807) is 0 Å². The molecule has 1 aliphatic carbocycles. The van der Waals surface area contributed by atoms with Gasteiger partial charge in [0, 0.05) is 17.0 Å². The maximum absolute atomic E-state index is 6.09. The summed E-state index contributed by atoms with van der Waals surface area (Å²) < 4.78 is 6.09. The summed E-state index contributed by atoms with van der Waals surface area (Å²) in [6.07, 6.45) is 6.69. The number of fused-ring (bicyclic) bond motifs is 1. The molecule has 3 N–H and O–H groups in total. The van der Waals surface area contributed by atoms with Crippen LogP contribution < -0.4 is 10.6 Å². The van der Waals surface area contributed by atoms with Crippen molar-refractivity contribution in [2.75, 3.05) is 11.9 Å². The van der Waals surface area contributed by atoms with Crippen molar-refractivity contribution in [2.45, 2.75) is 102 Å². The van der Waals surface area contributed by atoms with Crippen molar-refractivity contribution in [3.8, 4) is 0 Å². The van der Waals surface area contributed by atoms with Gasteiger partial charge in [-0.05, 0) is 50.9 Å². The number of aromatic nitrogens is 2. The summed E-state index contributed by atoms with van der Waals surface area (Å²) >= 11 is 12.1. The Hall–Kier alpha value is -2.23. The molecule has 9 heteroatoms. The minimum atomic E-state index is -1.48. The van der Waals surface area contributed by atoms with Crippen molar-refractivity contribution >= 4 is 48.4 Å². The Morgan fingerprint density at radius 1 is 1.21 bits per heavy atom. The average Bonchev–Trinajstić information content (AvgIpc) is 3.36. The summed E-state index contributed by atoms with van der Waals surface area (Å²) in [6.45, 7) is 19.1. The van der Waals surface area contributed by atoms with E-state index in [0.29, 0.717) is 18.3 Å². The van der Waals surface area contributed by atoms with Crippen LogP contribution in [0.4, 0.5) is 5.82 Å². The molecule has 2 aliphatic rings. The molecule has 2 aromatic rings. The fourth-order valence-corrected chi connectivity index (χ4v) is 10.1. The van der Waals surface area contributed by atoms with Crippen molar-refractivity contribution < 1.29 is 4.74 Å². The van der Waals surface area contributed by atoms with Gasteiger partial charge in [0.05, 0.1) is 42.6 Å². The number of hydrogen-bond donors (Lipinski definition) is 3. The van der Waals surface area contributed by atoms with E-state index in [1.165, 1.54) is 19.3 Å². The lowest BCUT2D eigenvalue weighted by atomic mass is 9.83. The Kier molecular flexibility index (Phi) is 8.93. The molecule has 4 rings (SSSR count). The summed E-state index contributed by atoms with van der Waals surface area (Å²) in [7, 11) is -1.48. The lowest BCUT2D eigenvalue weighted by Crippen LogP contribution is -2.51. The minimum absolute atomic E-state index is 0.0923. The van der Waals surface area contributed by atoms with Gasteiger partial charge in [-0.25, -0.2) is 0 Å². The summed E-state index contributed by atoms with van der Waals surface area (Å²) in [5, 5.41) is 16.0. The highest BCUT2D eigenvalue weighted by atomic mass is 32.1. The predicted octanol–water partition coefficient (Wildman–Crippen LogP) is 7.80. The van der Waals surface area contributed by atoms with Crippen LogP contribution in [0.15, 0.2) is 42.7 Å². The van der Waals surface area contributed by atoms with E-state index in [2.05, 4.69) is 84.9 Å². The Morgan fingerprint density at radius 2 is 1.90 bits per heavy atom. The molecule has 0 bridgehead atoms. The molecule has 39 heavy (non-hydrogen) atoms. The van der Waals surface area contributed by atoms with Crippen molar-refractivity contribution in [1.82, 2.24) is 20.4 Å². The number of aromatic amines is 1. The highest BCUT2D eigenvalue weighted by Gasteiger charge is 2.51. The molecule has 6 nitrogen and oxygen atoms in total. The van der Waals surface area contributed by atoms with Gasteiger partial charge < -0.3 is 20.3 Å². The molecule has 1 aromatic carbocycles. The van der Waals surface area contributed by atoms with Gasteiger partial charge in [-0.1, -0.05) is 88.5 Å². The van der Waals surface area contributed by atoms with Crippen molar-refractivity contribution in [3.05, 3.63) is 59.5 Å². The average molecular weight is 584 g/mol. The number of H-pyrrole nitrogens is 1. The monoisotopic (exact) mass is 583 g/mol. The largest absolute Gasteiger partial charge is 0.496 e. The van der Waals surface area contributed by atoms with Crippen LogP contribution >= 0.6 is 24.4 Å². The fraction of sp³-hybridized carbons (Fsp3) is 0.567. The highest BCUT2D eigenvalue weighted by molar-refractivity contribution is 7.81. The molecule has 0 amide bonds. The molecule has 0 saturated heterocycles. The van der Waals surface area contributed by atoms with Crippen LogP contribution in [0, 0.1) is 0 Å². The number of nitrogens with zero attached hydrogens (tertiary/aromatic N) is 2. The van der Waals surface area contributed by atoms with Crippen LogP contribution in [-0.2, 0) is 16.8 Å². The van der Waals surface area contributed by atoms with Gasteiger partial charge in [-0.15, -0.1) is 0 Å². The van der Waals surface area contributed by atoms with Crippen LogP contribution in [0.5, 0.6) is 0 Å². The fourth-order valence-electron chi connectivity index (χ4n) is 5.80. The number of ether oxygens (including phenoxy) is 1. The number of rotatable bonds is 11. The zero-order chi connectivity index (χ0) is 28.4. The number of thiocarbonyl (C=S) groups is 2. The molecule has 1 aliphatic heterocycles. The molecule has 1 aromatic heterocycles. The summed E-state index contributed by atoms with van der Waals surface area (Å²) in [5.74, 6) is 1.66. The number of nitrogens with one attached hydrogen (secondary N) is 3. The summed E-state index contributed by atoms with van der Waals surface area (Å²) in [4.78, 5) is 3.20. The maximum Gasteiger partial charge on any atom is 0.170 e. The molecule has 212 valence electrons. The standard InChI is InChI=1S/C30H45N5OS2Si/c1-8-9-14-21(2)36-20-24(22-15-11-10-12-16-22)31-28(38)35-19-23-25(29(35,3)4)33-34-26(23)32-27(37)30(17-13-18-30)39(5,6)7/h10-12,15-16,24H,2,8-9,13-14,17-20H2,1,3-7H3,(H,31,38)(H2,32,33,34,37)/t24-/m1/s1. The normalized spacial score (nSPS) is 18.1. The third-order valence-electron chi connectivity index (χ3n) is 8.79. The van der Waals surface area contributed by atoms with Crippen molar-refractivity contribution in [3.63, 3.8) is 0 Å². The zero-order valence-corrected chi connectivity index (χ0v) is 27.1. The first-order valence-electron chi connectivity index (χ1n) is 14.2. The van der Waals surface area contributed by atoms with Crippen LogP contribution in [0.3, 0.4) is 0 Å². The Balaban J connectivity index is 1.49. The zero-order valence-electron chi connectivity index (χ0n) is 24.4. The summed E-state index contributed by atoms with van der Waals surface area (Å²) in [5.41, 5.74) is 2.99. The van der Waals surface area contributed by atoms with E-state index in [-0.39, 0.29) is 16.6 Å². The van der Waals surface area contributed by atoms with Crippen LogP contribution in [-0.4, -0.2) is 39.9 Å². The van der Waals surface area contributed by atoms with Gasteiger partial charge in [0.2, 0.25) is 0 Å². The maximum atomic E-state index is 6.09. The smallest absolute Gasteiger partial charge is 0.170 e. The topological polar surface area (TPSA) is 65.2 Å². The number of unbranched alkanes of at least 4 members (excludes halogenated alkanes) is 1. The molecule has 2 heterocycles. The molecule has 0 unspecified atom stereocenters. The van der Waals surface area contributed by atoms with Gasteiger partial charge in [-0.3, -0.25) is 5.10 Å². The molecule has 0 spiro atoms. The van der Waals surface area contributed by atoms with Crippen molar-refractivity contribution in [1.29, 1.82) is 0 Å². The van der Waals surface area contributed by atoms with E-state index < -0.39 is 8.07 Å². The van der Waals surface area contributed by atoms with Gasteiger partial charge >= 0.3 is 0 Å². The summed E-state index contributed by atoms with van der Waals surface area (Å²) in [6, 6.07) is 10.2. The molecular formula is C30H45N5OS2Si. The minimum Gasteiger partial charge on any atom is -0.496 e. The third kappa shape index (κ3) is 5.95. The molecule has 1 saturated carbocycles. The number of allylic oxidation sites excluding steroid dienone is 1. The van der Waals surface area contributed by atoms with E-state index in [9.17, 15) is 0 Å². The lowest BCUT2D eigenvalue weighted by Gasteiger charge is -2.51. The predicted molar refractivity (Wildman–Crippen MR) is 173 cm³/mol. The van der Waals surface area contributed by atoms with Gasteiger partial charge in [0.1, 0.15) is 6.61 Å². The Morgan fingerprint density at radius 3 is 2.49 bits per heavy atom. The van der Waals surface area contributed by atoms with E-state index >= 15 is 0 Å². The SMILES string of the molecule is C=C(CCCC)OC[C@@H](NC(=S)N1Cc2c(NC(=S)C3([Si](C)(C)C)CCC3)n[nH]c2C1(C)C)c1ccccc1. The van der Waals surface area contributed by atoms with Crippen LogP contribution in [0.2, 0.25) is 24.7 Å². The molecule has 0 radical (unpaired) electrons. The lowest BCUT2D eigenvalue weighted by molar-refractivity contribution is 0.172. The van der Waals surface area contributed by atoms with E-state index in [0.717, 1.165) is 52.6 Å². The van der Waals surface area contributed by atoms with E-state index in [1.807, 2.05) is 18.2 Å². The van der Waals surface area contributed by atoms with Gasteiger partial charge in [-0.2, -0.15) is 5.10 Å². The molecule has 1 atom stereocenters. The Bertz CT molecular complexity index is 1200.